The molecule has 25 heteroatoms. The SMILES string of the molecule is CN(C)[C@H](CN)Cc1cc(F)c(C(N)=O)c(F)c1.Cc1ncc([C@@H](CC(=O)NC[C@H](Cc2cc(F)c(C(N)=O)c(F)c2)N(C)C)C2(C(F)(F)F)CC2)cn1.Cc1ncc([C@@H](CC(=O)O)C2(C(F)(F)F)CC2)cn1. The molecule has 6 rings (SSSR count). The second kappa shape index (κ2) is 24.1. The van der Waals surface area contributed by atoms with Gasteiger partial charge in [0.1, 0.15) is 46.0 Å². The minimum atomic E-state index is -4.49. The highest BCUT2D eigenvalue weighted by Gasteiger charge is 2.68. The van der Waals surface area contributed by atoms with Gasteiger partial charge in [-0.2, -0.15) is 26.3 Å². The Morgan fingerprint density at radius 2 is 0.959 bits per heavy atom. The molecular weight excluding hydrogens is 987 g/mol. The normalized spacial score (nSPS) is 16.2. The molecule has 2 saturated carbocycles. The third kappa shape index (κ3) is 15.1. The predicted molar refractivity (Wildman–Crippen MR) is 246 cm³/mol. The number of halogens is 10. The Morgan fingerprint density at radius 1 is 0.630 bits per heavy atom. The second-order valence-electron chi connectivity index (χ2n) is 18.6. The molecule has 3 amide bonds. The minimum absolute atomic E-state index is 0.0166. The number of alkyl halides is 6. The third-order valence-electron chi connectivity index (χ3n) is 13.1. The van der Waals surface area contributed by atoms with Gasteiger partial charge in [-0.15, -0.1) is 0 Å². The number of aliphatic carboxylic acids is 1. The molecular formula is C48H58F10N10O5. The predicted octanol–water partition coefficient (Wildman–Crippen LogP) is 6.45. The number of hydrogen-bond donors (Lipinski definition) is 5. The number of carboxylic acid groups (broad SMARTS) is 1. The number of carboxylic acids is 1. The van der Waals surface area contributed by atoms with E-state index in [1.54, 1.807) is 32.8 Å². The summed E-state index contributed by atoms with van der Waals surface area (Å²) in [6.07, 6.45) is -4.37. The van der Waals surface area contributed by atoms with Crippen molar-refractivity contribution < 1.29 is 68.2 Å². The molecule has 2 heterocycles. The summed E-state index contributed by atoms with van der Waals surface area (Å²) in [5, 5.41) is 11.5. The van der Waals surface area contributed by atoms with Crippen molar-refractivity contribution in [1.29, 1.82) is 0 Å². The standard InChI is InChI=1S/C24H28F5N5O2.C12H13F3N2O2.C12H17F2N3O/c1-13-31-10-15(11-32-13)17(23(4-5-23)24(27,28)29)9-20(35)33-12-16(34(2)3)6-14-7-18(25)21(22(30)36)19(26)8-14;1-7-16-5-8(6-17-7)9(4-10(18)19)11(2-3-11)12(13,14)15;1-17(2)8(6-15)3-7-4-9(13)11(12(16)18)10(14)5-7/h7-8,10-11,16-17H,4-6,9,12H2,1-3H3,(H2,30,36)(H,33,35);5-6,9H,2-4H2,1H3,(H,18,19);4-5,8H,3,6,15H2,1-2H3,(H2,16,18)/t16-,17+;9-;8-/m010/s1. The molecule has 0 bridgehead atoms. The van der Waals surface area contributed by atoms with Gasteiger partial charge in [0, 0.05) is 68.2 Å². The number of nitrogens with one attached hydrogen (secondary N) is 1. The zero-order chi connectivity index (χ0) is 55.0. The van der Waals surface area contributed by atoms with Gasteiger partial charge in [-0.25, -0.2) is 37.5 Å². The van der Waals surface area contributed by atoms with Gasteiger partial charge in [0.05, 0.1) is 17.3 Å². The van der Waals surface area contributed by atoms with Crippen LogP contribution in [0.5, 0.6) is 0 Å². The molecule has 0 saturated heterocycles. The quantitative estimate of drug-likeness (QED) is 0.0638. The van der Waals surface area contributed by atoms with Gasteiger partial charge in [-0.1, -0.05) is 0 Å². The Hall–Kier alpha value is -6.34. The van der Waals surface area contributed by atoms with Gasteiger partial charge in [-0.05, 0) is 127 Å². The van der Waals surface area contributed by atoms with E-state index in [0.29, 0.717) is 30.2 Å². The van der Waals surface area contributed by atoms with E-state index in [-0.39, 0.29) is 61.4 Å². The topological polar surface area (TPSA) is 237 Å². The molecule has 2 aliphatic carbocycles. The minimum Gasteiger partial charge on any atom is -0.481 e. The van der Waals surface area contributed by atoms with Crippen molar-refractivity contribution in [1.82, 2.24) is 35.1 Å². The molecule has 4 aromatic rings. The van der Waals surface area contributed by atoms with Crippen molar-refractivity contribution in [2.75, 3.05) is 41.3 Å². The first-order valence-electron chi connectivity index (χ1n) is 22.6. The average Bonchev–Trinajstić information content (AvgIpc) is 4.21. The molecule has 0 aliphatic heterocycles. The van der Waals surface area contributed by atoms with Crippen LogP contribution in [0.4, 0.5) is 43.9 Å². The van der Waals surface area contributed by atoms with Crippen LogP contribution in [0.1, 0.15) is 105 Å². The number of rotatable bonds is 19. The number of nitrogens with zero attached hydrogens (tertiary/aromatic N) is 6. The van der Waals surface area contributed by atoms with Crippen LogP contribution in [0.25, 0.3) is 0 Å². The van der Waals surface area contributed by atoms with Gasteiger partial charge < -0.3 is 37.4 Å². The largest absolute Gasteiger partial charge is 0.481 e. The number of benzene rings is 2. The number of aryl methyl sites for hydroxylation is 2. The van der Waals surface area contributed by atoms with Crippen molar-refractivity contribution in [3.8, 4) is 0 Å². The van der Waals surface area contributed by atoms with E-state index in [1.165, 1.54) is 24.8 Å². The summed E-state index contributed by atoms with van der Waals surface area (Å²) in [4.78, 5) is 65.0. The van der Waals surface area contributed by atoms with E-state index in [2.05, 4.69) is 25.3 Å². The van der Waals surface area contributed by atoms with Crippen LogP contribution >= 0.6 is 0 Å². The summed E-state index contributed by atoms with van der Waals surface area (Å²) in [6, 6.07) is 3.77. The summed E-state index contributed by atoms with van der Waals surface area (Å²) < 4.78 is 136. The molecule has 0 radical (unpaired) electrons. The van der Waals surface area contributed by atoms with E-state index in [1.807, 2.05) is 19.0 Å². The van der Waals surface area contributed by atoms with Crippen molar-refractivity contribution in [3.05, 3.63) is 117 Å². The lowest BCUT2D eigenvalue weighted by Crippen LogP contribution is -2.43. The highest BCUT2D eigenvalue weighted by Crippen LogP contribution is 2.67. The molecule has 8 N–H and O–H groups in total. The number of amides is 3. The molecule has 2 aromatic carbocycles. The number of nitrogens with two attached hydrogens (primary N) is 3. The van der Waals surface area contributed by atoms with Crippen LogP contribution in [0.3, 0.4) is 0 Å². The van der Waals surface area contributed by atoms with Crippen LogP contribution in [0, 0.1) is 47.9 Å². The summed E-state index contributed by atoms with van der Waals surface area (Å²) >= 11 is 0. The van der Waals surface area contributed by atoms with E-state index in [9.17, 15) is 63.1 Å². The summed E-state index contributed by atoms with van der Waals surface area (Å²) in [5.74, 6) is -9.66. The van der Waals surface area contributed by atoms with Gasteiger partial charge in [0.2, 0.25) is 5.91 Å². The van der Waals surface area contributed by atoms with Crippen LogP contribution in [0.15, 0.2) is 49.1 Å². The Bertz CT molecular complexity index is 2530. The Balaban J connectivity index is 0.000000262. The fourth-order valence-corrected chi connectivity index (χ4v) is 8.44. The van der Waals surface area contributed by atoms with E-state index in [0.717, 1.165) is 24.3 Å². The molecule has 4 atom stereocenters. The number of carbonyl (C=O) groups excluding carboxylic acids is 3. The highest BCUT2D eigenvalue weighted by atomic mass is 19.4. The number of carbonyl (C=O) groups is 4. The van der Waals surface area contributed by atoms with Gasteiger partial charge >= 0.3 is 18.3 Å². The molecule has 15 nitrogen and oxygen atoms in total. The first kappa shape index (κ1) is 59.2. The first-order valence-corrected chi connectivity index (χ1v) is 22.6. The molecule has 2 fully saturated rings. The summed E-state index contributed by atoms with van der Waals surface area (Å²) in [7, 11) is 7.05. The summed E-state index contributed by atoms with van der Waals surface area (Å²) in [6.45, 7) is 3.62. The Kier molecular flexibility index (Phi) is 19.6. The molecule has 0 unspecified atom stereocenters. The van der Waals surface area contributed by atoms with Crippen LogP contribution < -0.4 is 22.5 Å². The average molecular weight is 1050 g/mol. The maximum Gasteiger partial charge on any atom is 0.395 e. The molecule has 2 aliphatic rings. The lowest BCUT2D eigenvalue weighted by Gasteiger charge is -2.29. The fourth-order valence-electron chi connectivity index (χ4n) is 8.44. The Morgan fingerprint density at radius 3 is 1.23 bits per heavy atom. The molecule has 0 spiro atoms. The van der Waals surface area contributed by atoms with E-state index < -0.39 is 112 Å². The maximum absolute atomic E-state index is 14.1. The van der Waals surface area contributed by atoms with Gasteiger partial charge in [-0.3, -0.25) is 19.2 Å². The lowest BCUT2D eigenvalue weighted by atomic mass is 9.81. The Labute approximate surface area is 414 Å². The molecule has 2 aromatic heterocycles. The zero-order valence-electron chi connectivity index (χ0n) is 40.8. The lowest BCUT2D eigenvalue weighted by molar-refractivity contribution is -0.196. The fraction of sp³-hybridized carbons (Fsp3) is 0.500. The van der Waals surface area contributed by atoms with Crippen LogP contribution in [0.2, 0.25) is 0 Å². The zero-order valence-corrected chi connectivity index (χ0v) is 40.8. The van der Waals surface area contributed by atoms with Crippen molar-refractivity contribution in [2.24, 2.45) is 28.0 Å². The number of primary amides is 2. The van der Waals surface area contributed by atoms with Crippen molar-refractivity contribution in [2.45, 2.75) is 101 Å². The monoisotopic (exact) mass is 1040 g/mol. The van der Waals surface area contributed by atoms with Gasteiger partial charge in [0.25, 0.3) is 11.8 Å². The first-order chi connectivity index (χ1) is 33.9. The van der Waals surface area contributed by atoms with E-state index in [4.69, 9.17) is 22.3 Å². The second-order valence-corrected chi connectivity index (χ2v) is 18.6. The summed E-state index contributed by atoms with van der Waals surface area (Å²) in [5.41, 5.74) is 11.2. The number of hydrogen-bond acceptors (Lipinski definition) is 11. The van der Waals surface area contributed by atoms with Crippen molar-refractivity contribution in [3.63, 3.8) is 0 Å². The highest BCUT2D eigenvalue weighted by molar-refractivity contribution is 5.94. The van der Waals surface area contributed by atoms with E-state index >= 15 is 0 Å². The number of likely N-dealkylation sites (N-methyl/N-ethyl adjacent to an activating group) is 2. The van der Waals surface area contributed by atoms with Crippen molar-refractivity contribution >= 4 is 23.7 Å². The number of aromatic nitrogens is 4. The smallest absolute Gasteiger partial charge is 0.395 e. The van der Waals surface area contributed by atoms with Crippen LogP contribution in [-0.4, -0.2) is 124 Å². The third-order valence-corrected chi connectivity index (χ3v) is 13.1. The van der Waals surface area contributed by atoms with Crippen LogP contribution in [-0.2, 0) is 22.4 Å². The van der Waals surface area contributed by atoms with Gasteiger partial charge in [0.15, 0.2) is 0 Å². The molecule has 73 heavy (non-hydrogen) atoms. The molecule has 400 valence electrons. The maximum atomic E-state index is 14.1.